The highest BCUT2D eigenvalue weighted by Crippen LogP contribution is 2.29. The molecule has 0 heterocycles. The maximum Gasteiger partial charge on any atom is 0.243 e. The molecule has 2 rings (SSSR count). The molecule has 0 aromatic heterocycles. The van der Waals surface area contributed by atoms with Crippen molar-refractivity contribution in [3.8, 4) is 0 Å². The molecule has 2 N–H and O–H groups in total. The molecule has 0 spiro atoms. The van der Waals surface area contributed by atoms with Crippen LogP contribution in [-0.2, 0) is 4.79 Å². The van der Waals surface area contributed by atoms with Crippen LogP contribution < -0.4 is 10.6 Å². The Morgan fingerprint density at radius 1 is 1.00 bits per heavy atom. The number of amides is 1. The molecule has 0 saturated heterocycles. The van der Waals surface area contributed by atoms with E-state index < -0.39 is 0 Å². The second-order valence-corrected chi connectivity index (χ2v) is 5.23. The Balaban J connectivity index is 1.92. The monoisotopic (exact) mass is 328 g/mol. The molecule has 0 saturated carbocycles. The third-order valence-electron chi connectivity index (χ3n) is 2.52. The lowest BCUT2D eigenvalue weighted by Crippen LogP contribution is -2.21. The molecule has 3 nitrogen and oxygen atoms in total. The van der Waals surface area contributed by atoms with E-state index in [1.54, 1.807) is 42.5 Å². The van der Waals surface area contributed by atoms with Gasteiger partial charge in [-0.15, -0.1) is 0 Å². The van der Waals surface area contributed by atoms with E-state index in [0.717, 1.165) is 5.69 Å². The molecule has 1 amide bonds. The van der Waals surface area contributed by atoms with Crippen molar-refractivity contribution in [3.63, 3.8) is 0 Å². The van der Waals surface area contributed by atoms with E-state index in [0.29, 0.717) is 20.8 Å². The van der Waals surface area contributed by atoms with Gasteiger partial charge in [-0.2, -0.15) is 0 Å². The average molecular weight is 330 g/mol. The molecular formula is C14H11Cl3N2O. The Bertz CT molecular complexity index is 614. The highest BCUT2D eigenvalue weighted by Gasteiger charge is 2.08. The summed E-state index contributed by atoms with van der Waals surface area (Å²) in [7, 11) is 0. The molecule has 0 radical (unpaired) electrons. The summed E-state index contributed by atoms with van der Waals surface area (Å²) in [5.74, 6) is -0.218. The second kappa shape index (κ2) is 6.84. The molecule has 2 aromatic rings. The SMILES string of the molecule is O=C(CNc1ccc(Cl)cc1)Nc1cccc(Cl)c1Cl. The topological polar surface area (TPSA) is 41.1 Å². The van der Waals surface area contributed by atoms with Crippen molar-refractivity contribution in [3.05, 3.63) is 57.5 Å². The molecule has 0 aliphatic carbocycles. The molecule has 0 fully saturated rings. The summed E-state index contributed by atoms with van der Waals surface area (Å²) in [4.78, 5) is 11.8. The smallest absolute Gasteiger partial charge is 0.243 e. The summed E-state index contributed by atoms with van der Waals surface area (Å²) in [5.41, 5.74) is 1.30. The van der Waals surface area contributed by atoms with Gasteiger partial charge in [-0.05, 0) is 36.4 Å². The fourth-order valence-corrected chi connectivity index (χ4v) is 2.02. The summed E-state index contributed by atoms with van der Waals surface area (Å²) in [6.07, 6.45) is 0. The van der Waals surface area contributed by atoms with Crippen molar-refractivity contribution in [2.24, 2.45) is 0 Å². The van der Waals surface area contributed by atoms with Gasteiger partial charge in [-0.3, -0.25) is 4.79 Å². The number of anilines is 2. The maximum atomic E-state index is 11.8. The summed E-state index contributed by atoms with van der Waals surface area (Å²) in [5, 5.41) is 7.04. The van der Waals surface area contributed by atoms with Gasteiger partial charge in [-0.1, -0.05) is 40.9 Å². The Kier molecular flexibility index (Phi) is 5.12. The van der Waals surface area contributed by atoms with E-state index in [1.807, 2.05) is 0 Å². The van der Waals surface area contributed by atoms with E-state index in [2.05, 4.69) is 10.6 Å². The van der Waals surface area contributed by atoms with Crippen molar-refractivity contribution in [1.82, 2.24) is 0 Å². The molecular weight excluding hydrogens is 319 g/mol. The first-order valence-corrected chi connectivity index (χ1v) is 6.93. The van der Waals surface area contributed by atoms with Gasteiger partial charge >= 0.3 is 0 Å². The van der Waals surface area contributed by atoms with Crippen LogP contribution in [0.4, 0.5) is 11.4 Å². The zero-order chi connectivity index (χ0) is 14.5. The van der Waals surface area contributed by atoms with Crippen molar-refractivity contribution in [2.45, 2.75) is 0 Å². The maximum absolute atomic E-state index is 11.8. The lowest BCUT2D eigenvalue weighted by atomic mass is 10.3. The van der Waals surface area contributed by atoms with Crippen molar-refractivity contribution < 1.29 is 4.79 Å². The van der Waals surface area contributed by atoms with Crippen molar-refractivity contribution >= 4 is 52.1 Å². The zero-order valence-electron chi connectivity index (χ0n) is 10.3. The van der Waals surface area contributed by atoms with E-state index in [1.165, 1.54) is 0 Å². The Labute approximate surface area is 131 Å². The van der Waals surface area contributed by atoms with Crippen LogP contribution in [0.3, 0.4) is 0 Å². The lowest BCUT2D eigenvalue weighted by Gasteiger charge is -2.09. The number of hydrogen-bond donors (Lipinski definition) is 2. The fourth-order valence-electron chi connectivity index (χ4n) is 1.54. The Morgan fingerprint density at radius 2 is 1.70 bits per heavy atom. The first-order chi connectivity index (χ1) is 9.56. The number of benzene rings is 2. The molecule has 0 bridgehead atoms. The highest BCUT2D eigenvalue weighted by atomic mass is 35.5. The normalized spacial score (nSPS) is 10.2. The number of rotatable bonds is 4. The van der Waals surface area contributed by atoms with Crippen LogP contribution in [-0.4, -0.2) is 12.5 Å². The molecule has 6 heteroatoms. The number of carbonyl (C=O) groups excluding carboxylic acids is 1. The lowest BCUT2D eigenvalue weighted by molar-refractivity contribution is -0.114. The van der Waals surface area contributed by atoms with E-state index >= 15 is 0 Å². The molecule has 0 aliphatic heterocycles. The minimum absolute atomic E-state index is 0.116. The summed E-state index contributed by atoms with van der Waals surface area (Å²) >= 11 is 17.6. The number of halogens is 3. The van der Waals surface area contributed by atoms with Crippen LogP contribution in [0, 0.1) is 0 Å². The molecule has 104 valence electrons. The molecule has 0 unspecified atom stereocenters. The highest BCUT2D eigenvalue weighted by molar-refractivity contribution is 6.44. The fraction of sp³-hybridized carbons (Fsp3) is 0.0714. The van der Waals surface area contributed by atoms with Gasteiger partial charge in [0, 0.05) is 10.7 Å². The largest absolute Gasteiger partial charge is 0.376 e. The van der Waals surface area contributed by atoms with Crippen LogP contribution in [0.1, 0.15) is 0 Å². The number of nitrogens with one attached hydrogen (secondary N) is 2. The quantitative estimate of drug-likeness (QED) is 0.854. The third-order valence-corrected chi connectivity index (χ3v) is 3.59. The standard InChI is InChI=1S/C14H11Cl3N2O/c15-9-4-6-10(7-5-9)18-8-13(20)19-12-3-1-2-11(16)14(12)17/h1-7,18H,8H2,(H,19,20). The van der Waals surface area contributed by atoms with Gasteiger partial charge in [-0.25, -0.2) is 0 Å². The number of hydrogen-bond acceptors (Lipinski definition) is 2. The van der Waals surface area contributed by atoms with Crippen LogP contribution in [0.15, 0.2) is 42.5 Å². The van der Waals surface area contributed by atoms with Crippen LogP contribution in [0.2, 0.25) is 15.1 Å². The summed E-state index contributed by atoms with van der Waals surface area (Å²) in [6.45, 7) is 0.116. The average Bonchev–Trinajstić information content (AvgIpc) is 2.43. The van der Waals surface area contributed by atoms with Crippen LogP contribution >= 0.6 is 34.8 Å². The van der Waals surface area contributed by atoms with E-state index in [4.69, 9.17) is 34.8 Å². The third kappa shape index (κ3) is 4.04. The van der Waals surface area contributed by atoms with Gasteiger partial charge in [0.05, 0.1) is 22.3 Å². The first kappa shape index (κ1) is 15.0. The van der Waals surface area contributed by atoms with Gasteiger partial charge in [0.25, 0.3) is 0 Å². The van der Waals surface area contributed by atoms with Gasteiger partial charge < -0.3 is 10.6 Å². The molecule has 2 aromatic carbocycles. The predicted octanol–water partition coefficient (Wildman–Crippen LogP) is 4.70. The summed E-state index contributed by atoms with van der Waals surface area (Å²) < 4.78 is 0. The molecule has 0 aliphatic rings. The van der Waals surface area contributed by atoms with Crippen molar-refractivity contribution in [1.29, 1.82) is 0 Å². The van der Waals surface area contributed by atoms with Crippen LogP contribution in [0.25, 0.3) is 0 Å². The second-order valence-electron chi connectivity index (χ2n) is 4.01. The van der Waals surface area contributed by atoms with E-state index in [9.17, 15) is 4.79 Å². The number of carbonyl (C=O) groups is 1. The summed E-state index contributed by atoms with van der Waals surface area (Å²) in [6, 6.07) is 12.1. The predicted molar refractivity (Wildman–Crippen MR) is 85.0 cm³/mol. The van der Waals surface area contributed by atoms with E-state index in [-0.39, 0.29) is 12.5 Å². The Morgan fingerprint density at radius 3 is 2.40 bits per heavy atom. The molecule has 0 atom stereocenters. The van der Waals surface area contributed by atoms with Crippen LogP contribution in [0.5, 0.6) is 0 Å². The van der Waals surface area contributed by atoms with Gasteiger partial charge in [0.15, 0.2) is 0 Å². The minimum Gasteiger partial charge on any atom is -0.376 e. The van der Waals surface area contributed by atoms with Gasteiger partial charge in [0.1, 0.15) is 0 Å². The zero-order valence-corrected chi connectivity index (χ0v) is 12.6. The van der Waals surface area contributed by atoms with Gasteiger partial charge in [0.2, 0.25) is 5.91 Å². The van der Waals surface area contributed by atoms with Crippen molar-refractivity contribution in [2.75, 3.05) is 17.2 Å². The minimum atomic E-state index is -0.218. The first-order valence-electron chi connectivity index (χ1n) is 5.79. The Hall–Kier alpha value is -1.42. The molecule has 20 heavy (non-hydrogen) atoms.